The summed E-state index contributed by atoms with van der Waals surface area (Å²) in [5.74, 6) is -0.430. The Balaban J connectivity index is 1.90. The Morgan fingerprint density at radius 2 is 1.97 bits per heavy atom. The Kier molecular flexibility index (Phi) is 5.75. The molecule has 0 fully saturated rings. The van der Waals surface area contributed by atoms with E-state index in [4.69, 9.17) is 0 Å². The van der Waals surface area contributed by atoms with Crippen LogP contribution in [0.1, 0.15) is 52.4 Å². The minimum atomic E-state index is -4.58. The Morgan fingerprint density at radius 3 is 2.62 bits per heavy atom. The largest absolute Gasteiger partial charge is 0.435 e. The van der Waals surface area contributed by atoms with Crippen LogP contribution in [0.2, 0.25) is 0 Å². The van der Waals surface area contributed by atoms with Crippen LogP contribution in [0.15, 0.2) is 49.2 Å². The molecule has 1 amide bonds. The molecule has 3 heterocycles. The van der Waals surface area contributed by atoms with Crippen LogP contribution in [-0.2, 0) is 17.5 Å². The zero-order valence-corrected chi connectivity index (χ0v) is 18.9. The summed E-state index contributed by atoms with van der Waals surface area (Å²) in [5, 5.41) is 3.86. The van der Waals surface area contributed by atoms with Crippen LogP contribution in [-0.4, -0.2) is 27.1 Å². The molecule has 1 atom stereocenters. The fourth-order valence-corrected chi connectivity index (χ4v) is 5.34. The number of rotatable bonds is 4. The van der Waals surface area contributed by atoms with Gasteiger partial charge in [0.1, 0.15) is 0 Å². The van der Waals surface area contributed by atoms with Crippen molar-refractivity contribution in [1.82, 2.24) is 14.7 Å². The van der Waals surface area contributed by atoms with Gasteiger partial charge in [-0.2, -0.15) is 18.3 Å². The Bertz CT molecular complexity index is 1180. The minimum absolute atomic E-state index is 0.0578. The van der Waals surface area contributed by atoms with Gasteiger partial charge in [-0.1, -0.05) is 30.8 Å². The Hall–Kier alpha value is -2.87. The van der Waals surface area contributed by atoms with Crippen LogP contribution in [0.4, 0.5) is 13.2 Å². The molecule has 0 saturated heterocycles. The molecule has 0 bridgehead atoms. The molecule has 4 nitrogen and oxygen atoms in total. The fraction of sp³-hybridized carbons (Fsp3) is 0.333. The van der Waals surface area contributed by atoms with E-state index in [-0.39, 0.29) is 23.4 Å². The van der Waals surface area contributed by atoms with Crippen molar-refractivity contribution in [1.29, 1.82) is 0 Å². The van der Waals surface area contributed by atoms with Gasteiger partial charge >= 0.3 is 6.18 Å². The normalized spacial score (nSPS) is 16.3. The third-order valence-corrected chi connectivity index (χ3v) is 6.77. The monoisotopic (exact) mass is 459 g/mol. The number of benzene rings is 1. The molecule has 3 aromatic rings. The van der Waals surface area contributed by atoms with Crippen molar-refractivity contribution in [2.75, 3.05) is 6.54 Å². The molecule has 0 aliphatic carbocycles. The first kappa shape index (κ1) is 22.3. The highest BCUT2D eigenvalue weighted by Gasteiger charge is 2.39. The zero-order valence-electron chi connectivity index (χ0n) is 18.1. The van der Waals surface area contributed by atoms with Gasteiger partial charge in [-0.3, -0.25) is 9.48 Å². The average Bonchev–Trinajstić information content (AvgIpc) is 3.35. The first-order valence-corrected chi connectivity index (χ1v) is 11.2. The number of nitrogens with zero attached hydrogens (tertiary/aromatic N) is 3. The lowest BCUT2D eigenvalue weighted by Gasteiger charge is -2.33. The summed E-state index contributed by atoms with van der Waals surface area (Å²) >= 11 is 1.61. The summed E-state index contributed by atoms with van der Waals surface area (Å²) in [7, 11) is 0. The standard InChI is InChI=1S/C24H24F3N3OS/c1-5-22(31)29-11-19(18-10-15(4)32-21(18)13-29)16-8-6-7-9-17(16)20-12-30(14(2)3)28-23(20)24(25,26)27/h5-10,12,14,19H,1,11,13H2,2-4H3/t19-/m1/s1. The van der Waals surface area contributed by atoms with E-state index in [1.807, 2.05) is 19.1 Å². The van der Waals surface area contributed by atoms with Gasteiger partial charge in [-0.15, -0.1) is 11.3 Å². The van der Waals surface area contributed by atoms with Gasteiger partial charge in [0.05, 0.1) is 6.54 Å². The van der Waals surface area contributed by atoms with Gasteiger partial charge in [0.25, 0.3) is 0 Å². The van der Waals surface area contributed by atoms with Gasteiger partial charge < -0.3 is 4.90 Å². The van der Waals surface area contributed by atoms with E-state index in [1.165, 1.54) is 17.0 Å². The van der Waals surface area contributed by atoms with Gasteiger partial charge in [0, 0.05) is 40.0 Å². The second-order valence-electron chi connectivity index (χ2n) is 8.26. The molecule has 32 heavy (non-hydrogen) atoms. The average molecular weight is 460 g/mol. The molecule has 1 aliphatic rings. The van der Waals surface area contributed by atoms with E-state index in [9.17, 15) is 18.0 Å². The molecule has 0 unspecified atom stereocenters. The highest BCUT2D eigenvalue weighted by molar-refractivity contribution is 7.12. The lowest BCUT2D eigenvalue weighted by molar-refractivity contribution is -0.141. The van der Waals surface area contributed by atoms with Crippen molar-refractivity contribution in [3.63, 3.8) is 0 Å². The first-order chi connectivity index (χ1) is 15.1. The fourth-order valence-electron chi connectivity index (χ4n) is 4.23. The number of aryl methyl sites for hydroxylation is 1. The van der Waals surface area contributed by atoms with E-state index >= 15 is 0 Å². The maximum atomic E-state index is 13.9. The lowest BCUT2D eigenvalue weighted by Crippen LogP contribution is -2.37. The predicted molar refractivity (Wildman–Crippen MR) is 120 cm³/mol. The van der Waals surface area contributed by atoms with Crippen molar-refractivity contribution in [2.45, 2.75) is 45.5 Å². The summed E-state index contributed by atoms with van der Waals surface area (Å²) in [6.07, 6.45) is -1.82. The van der Waals surface area contributed by atoms with Gasteiger partial charge in [-0.05, 0) is 49.6 Å². The molecular formula is C24H24F3N3OS. The molecule has 1 aliphatic heterocycles. The van der Waals surface area contributed by atoms with Crippen LogP contribution >= 0.6 is 11.3 Å². The maximum Gasteiger partial charge on any atom is 0.435 e. The van der Waals surface area contributed by atoms with Gasteiger partial charge in [0.15, 0.2) is 5.69 Å². The molecule has 8 heteroatoms. The van der Waals surface area contributed by atoms with Crippen LogP contribution < -0.4 is 0 Å². The van der Waals surface area contributed by atoms with E-state index in [0.29, 0.717) is 18.7 Å². The van der Waals surface area contributed by atoms with E-state index < -0.39 is 11.9 Å². The highest BCUT2D eigenvalue weighted by Crippen LogP contribution is 2.44. The molecular weight excluding hydrogens is 435 g/mol. The first-order valence-electron chi connectivity index (χ1n) is 10.4. The molecule has 0 saturated carbocycles. The third kappa shape index (κ3) is 3.99. The van der Waals surface area contributed by atoms with Crippen molar-refractivity contribution < 1.29 is 18.0 Å². The van der Waals surface area contributed by atoms with Crippen molar-refractivity contribution in [3.8, 4) is 11.1 Å². The number of alkyl halides is 3. The number of amides is 1. The van der Waals surface area contributed by atoms with Crippen molar-refractivity contribution in [2.24, 2.45) is 0 Å². The summed E-state index contributed by atoms with van der Waals surface area (Å²) in [4.78, 5) is 16.3. The van der Waals surface area contributed by atoms with Crippen molar-refractivity contribution in [3.05, 3.63) is 75.8 Å². The molecule has 0 spiro atoms. The molecule has 4 rings (SSSR count). The molecule has 0 N–H and O–H groups in total. The topological polar surface area (TPSA) is 38.1 Å². The Labute approximate surface area is 189 Å². The minimum Gasteiger partial charge on any atom is -0.333 e. The number of hydrogen-bond acceptors (Lipinski definition) is 3. The summed E-state index contributed by atoms with van der Waals surface area (Å²) in [6.45, 7) is 10.0. The number of hydrogen-bond donors (Lipinski definition) is 0. The quantitative estimate of drug-likeness (QED) is 0.437. The highest BCUT2D eigenvalue weighted by atomic mass is 32.1. The van der Waals surface area contributed by atoms with E-state index in [1.54, 1.807) is 42.2 Å². The maximum absolute atomic E-state index is 13.9. The lowest BCUT2D eigenvalue weighted by atomic mass is 9.83. The number of fused-ring (bicyclic) bond motifs is 1. The number of halogens is 3. The third-order valence-electron chi connectivity index (χ3n) is 5.72. The van der Waals surface area contributed by atoms with Crippen LogP contribution in [0, 0.1) is 6.92 Å². The second kappa shape index (κ2) is 8.24. The number of carbonyl (C=O) groups excluding carboxylic acids is 1. The Morgan fingerprint density at radius 1 is 1.25 bits per heavy atom. The van der Waals surface area contributed by atoms with Crippen LogP contribution in [0.3, 0.4) is 0 Å². The van der Waals surface area contributed by atoms with E-state index in [2.05, 4.69) is 17.7 Å². The molecule has 0 radical (unpaired) electrons. The smallest absolute Gasteiger partial charge is 0.333 e. The summed E-state index contributed by atoms with van der Waals surface area (Å²) in [6, 6.07) is 9.00. The SMILES string of the molecule is C=CC(=O)N1Cc2sc(C)cc2[C@@H](c2ccccc2-c2cn(C(C)C)nc2C(F)(F)F)C1. The summed E-state index contributed by atoms with van der Waals surface area (Å²) < 4.78 is 43.1. The summed E-state index contributed by atoms with van der Waals surface area (Å²) in [5.41, 5.74) is 1.47. The number of thiophene rings is 1. The van der Waals surface area contributed by atoms with Gasteiger partial charge in [-0.25, -0.2) is 0 Å². The molecule has 168 valence electrons. The second-order valence-corrected chi connectivity index (χ2v) is 9.60. The van der Waals surface area contributed by atoms with Crippen LogP contribution in [0.5, 0.6) is 0 Å². The zero-order chi connectivity index (χ0) is 23.2. The van der Waals surface area contributed by atoms with Crippen molar-refractivity contribution >= 4 is 17.2 Å². The molecule has 1 aromatic carbocycles. The molecule has 2 aromatic heterocycles. The van der Waals surface area contributed by atoms with E-state index in [0.717, 1.165) is 20.9 Å². The van der Waals surface area contributed by atoms with Gasteiger partial charge in [0.2, 0.25) is 5.91 Å². The van der Waals surface area contributed by atoms with Crippen LogP contribution in [0.25, 0.3) is 11.1 Å². The number of aromatic nitrogens is 2. The predicted octanol–water partition coefficient (Wildman–Crippen LogP) is 6.18. The number of carbonyl (C=O) groups is 1.